The van der Waals surface area contributed by atoms with Crippen molar-refractivity contribution in [1.82, 2.24) is 24.5 Å². The Bertz CT molecular complexity index is 1940. The molecule has 40 heavy (non-hydrogen) atoms. The summed E-state index contributed by atoms with van der Waals surface area (Å²) in [4.78, 5) is 30.0. The SMILES string of the molecule is Cc1c2cc[n+](C)cc2c(C)c2c3c([nH]c12)C=CC(=O)[C@@]31O[C@@H]2[C@H](O1)[C@@H](CO)O[C@H]2n1cnc2c(N)ncnc21. The van der Waals surface area contributed by atoms with Crippen molar-refractivity contribution in [2.45, 2.75) is 44.2 Å². The number of carbonyl (C=O) groups is 1. The number of nitrogens with zero attached hydrogens (tertiary/aromatic N) is 5. The number of nitrogens with two attached hydrogens (primary N) is 1. The Morgan fingerprint density at radius 2 is 1.98 bits per heavy atom. The largest absolute Gasteiger partial charge is 0.394 e. The number of ether oxygens (including phenoxy) is 3. The predicted octanol–water partition coefficient (Wildman–Crippen LogP) is 1.61. The second-order valence-corrected chi connectivity index (χ2v) is 10.7. The summed E-state index contributed by atoms with van der Waals surface area (Å²) in [5, 5.41) is 13.3. The highest BCUT2D eigenvalue weighted by Gasteiger charge is 2.64. The molecule has 1 aromatic carbocycles. The van der Waals surface area contributed by atoms with Gasteiger partial charge < -0.3 is 30.0 Å². The topological polar surface area (TPSA) is 154 Å². The van der Waals surface area contributed by atoms with Crippen LogP contribution in [-0.4, -0.2) is 60.3 Å². The van der Waals surface area contributed by atoms with Gasteiger partial charge in [0.1, 0.15) is 37.2 Å². The number of hydrogen-bond acceptors (Lipinski definition) is 9. The third-order valence-corrected chi connectivity index (χ3v) is 8.47. The maximum Gasteiger partial charge on any atom is 0.264 e. The summed E-state index contributed by atoms with van der Waals surface area (Å²) in [5.41, 5.74) is 11.3. The number of hydrogen-bond donors (Lipinski definition) is 3. The summed E-state index contributed by atoms with van der Waals surface area (Å²) < 4.78 is 23.2. The van der Waals surface area contributed by atoms with Gasteiger partial charge >= 0.3 is 0 Å². The molecule has 2 aliphatic heterocycles. The van der Waals surface area contributed by atoms with Crippen LogP contribution in [0.1, 0.15) is 28.6 Å². The highest BCUT2D eigenvalue weighted by molar-refractivity contribution is 6.12. The van der Waals surface area contributed by atoms with Gasteiger partial charge in [0.2, 0.25) is 5.78 Å². The quantitative estimate of drug-likeness (QED) is 0.283. The number of aliphatic hydroxyl groups excluding tert-OH is 1. The van der Waals surface area contributed by atoms with E-state index in [4.69, 9.17) is 19.9 Å². The van der Waals surface area contributed by atoms with Gasteiger partial charge in [0.15, 0.2) is 30.1 Å². The molecule has 1 aliphatic carbocycles. The summed E-state index contributed by atoms with van der Waals surface area (Å²) in [6, 6.07) is 2.10. The number of pyridine rings is 1. The molecule has 4 aromatic heterocycles. The van der Waals surface area contributed by atoms with Crippen LogP contribution in [0.25, 0.3) is 38.9 Å². The molecule has 202 valence electrons. The first-order valence-corrected chi connectivity index (χ1v) is 13.0. The zero-order valence-electron chi connectivity index (χ0n) is 22.0. The number of aliphatic hydroxyl groups is 1. The van der Waals surface area contributed by atoms with Gasteiger partial charge in [-0.1, -0.05) is 0 Å². The Balaban J connectivity index is 1.33. The molecule has 8 rings (SSSR count). The molecule has 5 aromatic rings. The molecule has 12 heteroatoms. The second kappa shape index (κ2) is 7.92. The van der Waals surface area contributed by atoms with E-state index < -0.39 is 30.3 Å². The first-order chi connectivity index (χ1) is 19.3. The fourth-order valence-corrected chi connectivity index (χ4v) is 6.58. The molecule has 5 atom stereocenters. The molecule has 0 bridgehead atoms. The van der Waals surface area contributed by atoms with Crippen LogP contribution in [0.3, 0.4) is 0 Å². The number of nitrogens with one attached hydrogen (secondary N) is 1. The van der Waals surface area contributed by atoms with Crippen molar-refractivity contribution in [1.29, 1.82) is 0 Å². The molecule has 6 heterocycles. The van der Waals surface area contributed by atoms with Crippen LogP contribution in [0.4, 0.5) is 5.82 Å². The Kier molecular flexibility index (Phi) is 4.68. The van der Waals surface area contributed by atoms with Gasteiger partial charge in [-0.2, -0.15) is 0 Å². The first kappa shape index (κ1) is 23.6. The normalized spacial score (nSPS) is 27.4. The number of rotatable bonds is 2. The van der Waals surface area contributed by atoms with Crippen LogP contribution in [0, 0.1) is 13.8 Å². The highest BCUT2D eigenvalue weighted by atomic mass is 16.8. The zero-order chi connectivity index (χ0) is 27.5. The van der Waals surface area contributed by atoms with E-state index in [1.807, 2.05) is 17.8 Å². The average Bonchev–Trinajstić information content (AvgIpc) is 3.70. The minimum absolute atomic E-state index is 0.236. The van der Waals surface area contributed by atoms with E-state index in [9.17, 15) is 9.90 Å². The molecule has 2 saturated heterocycles. The molecular weight excluding hydrogens is 514 g/mol. The number of aryl methyl sites for hydroxylation is 3. The number of aromatic amines is 1. The summed E-state index contributed by atoms with van der Waals surface area (Å²) >= 11 is 0. The number of benzene rings is 1. The maximum atomic E-state index is 13.8. The molecule has 2 fully saturated rings. The molecule has 4 N–H and O–H groups in total. The number of imidazole rings is 1. The Hall–Kier alpha value is -4.23. The second-order valence-electron chi connectivity index (χ2n) is 10.7. The van der Waals surface area contributed by atoms with E-state index in [2.05, 4.69) is 46.0 Å². The van der Waals surface area contributed by atoms with E-state index in [0.29, 0.717) is 16.7 Å². The fourth-order valence-electron chi connectivity index (χ4n) is 6.58. The number of ketones is 1. The predicted molar refractivity (Wildman–Crippen MR) is 143 cm³/mol. The average molecular weight is 541 g/mol. The zero-order valence-corrected chi connectivity index (χ0v) is 22.0. The van der Waals surface area contributed by atoms with Crippen molar-refractivity contribution in [3.05, 3.63) is 59.6 Å². The lowest BCUT2D eigenvalue weighted by Gasteiger charge is -2.31. The summed E-state index contributed by atoms with van der Waals surface area (Å²) in [5.74, 6) is -1.82. The number of H-pyrrole nitrogens is 1. The number of aromatic nitrogens is 6. The standard InChI is InChI=1S/C28H25N7O5/c1-12-15-8-34(3)7-6-14(15)13(2)21-19(12)20-16(33-21)4-5-18(37)28(20)39-23-17(9-36)38-27(24(23)40-28)35-11-32-22-25(29)30-10-31-26(22)35/h4-8,10-11,17,23-24,27,36H,9H2,1-3H3,(H2,29,30,31)/p+1/t17-,23-,24-,27-,28-/m1/s1. The van der Waals surface area contributed by atoms with Crippen LogP contribution in [0.2, 0.25) is 0 Å². The summed E-state index contributed by atoms with van der Waals surface area (Å²) in [6.07, 6.45) is 7.23. The minimum Gasteiger partial charge on any atom is -0.394 e. The van der Waals surface area contributed by atoms with Crippen LogP contribution >= 0.6 is 0 Å². The highest BCUT2D eigenvalue weighted by Crippen LogP contribution is 2.53. The van der Waals surface area contributed by atoms with Crippen LogP contribution in [-0.2, 0) is 31.8 Å². The Morgan fingerprint density at radius 3 is 2.80 bits per heavy atom. The lowest BCUT2D eigenvalue weighted by molar-refractivity contribution is -0.670. The lowest BCUT2D eigenvalue weighted by Crippen LogP contribution is -2.41. The molecule has 0 radical (unpaired) electrons. The van der Waals surface area contributed by atoms with E-state index in [1.165, 1.54) is 12.4 Å². The van der Waals surface area contributed by atoms with Gasteiger partial charge in [0.05, 0.1) is 24.0 Å². The molecular formula is C28H26N7O5+. The van der Waals surface area contributed by atoms with Gasteiger partial charge in [0, 0.05) is 22.5 Å². The third-order valence-electron chi connectivity index (χ3n) is 8.47. The number of nitrogen functional groups attached to an aromatic ring is 1. The van der Waals surface area contributed by atoms with Crippen molar-refractivity contribution in [2.24, 2.45) is 7.05 Å². The maximum absolute atomic E-state index is 13.8. The van der Waals surface area contributed by atoms with Gasteiger partial charge in [-0.15, -0.1) is 0 Å². The number of carbonyl (C=O) groups excluding carboxylic acids is 1. The molecule has 0 saturated carbocycles. The van der Waals surface area contributed by atoms with E-state index in [-0.39, 0.29) is 18.2 Å². The third kappa shape index (κ3) is 2.85. The summed E-state index contributed by atoms with van der Waals surface area (Å²) in [7, 11) is 1.98. The Labute approximate surface area is 227 Å². The smallest absolute Gasteiger partial charge is 0.264 e. The fraction of sp³-hybridized carbons (Fsp3) is 0.321. The molecule has 0 unspecified atom stereocenters. The van der Waals surface area contributed by atoms with Crippen molar-refractivity contribution in [2.75, 3.05) is 12.3 Å². The van der Waals surface area contributed by atoms with Gasteiger partial charge in [0.25, 0.3) is 5.79 Å². The van der Waals surface area contributed by atoms with Crippen molar-refractivity contribution in [3.8, 4) is 0 Å². The van der Waals surface area contributed by atoms with Crippen molar-refractivity contribution < 1.29 is 28.7 Å². The van der Waals surface area contributed by atoms with Gasteiger partial charge in [-0.05, 0) is 42.5 Å². The summed E-state index contributed by atoms with van der Waals surface area (Å²) in [6.45, 7) is 3.79. The van der Waals surface area contributed by atoms with Gasteiger partial charge in [-0.25, -0.2) is 19.5 Å². The molecule has 12 nitrogen and oxygen atoms in total. The van der Waals surface area contributed by atoms with Crippen LogP contribution in [0.5, 0.6) is 0 Å². The lowest BCUT2D eigenvalue weighted by atomic mass is 9.89. The van der Waals surface area contributed by atoms with Crippen LogP contribution < -0.4 is 10.3 Å². The first-order valence-electron chi connectivity index (χ1n) is 13.0. The van der Waals surface area contributed by atoms with Crippen molar-refractivity contribution in [3.63, 3.8) is 0 Å². The molecule has 3 aliphatic rings. The van der Waals surface area contributed by atoms with Gasteiger partial charge in [-0.3, -0.25) is 9.36 Å². The van der Waals surface area contributed by atoms with Crippen molar-refractivity contribution >= 4 is 50.5 Å². The number of anilines is 1. The van der Waals surface area contributed by atoms with Crippen LogP contribution in [0.15, 0.2) is 37.2 Å². The number of fused-ring (bicyclic) bond motifs is 7. The molecule has 1 spiro atoms. The minimum atomic E-state index is -1.72. The van der Waals surface area contributed by atoms with E-state index in [1.54, 1.807) is 17.0 Å². The Morgan fingerprint density at radius 1 is 1.15 bits per heavy atom. The monoisotopic (exact) mass is 540 g/mol. The van der Waals surface area contributed by atoms with E-state index >= 15 is 0 Å². The van der Waals surface area contributed by atoms with E-state index in [0.717, 1.165) is 38.5 Å². The molecule has 0 amide bonds.